The number of allylic oxidation sites excluding steroid dienone is 2. The Morgan fingerprint density at radius 2 is 2.25 bits per heavy atom. The minimum absolute atomic E-state index is 0.0941. The lowest BCUT2D eigenvalue weighted by atomic mass is 9.80. The van der Waals surface area contributed by atoms with Gasteiger partial charge in [-0.05, 0) is 11.1 Å². The van der Waals surface area contributed by atoms with Crippen molar-refractivity contribution < 1.29 is 14.6 Å². The van der Waals surface area contributed by atoms with E-state index in [1.54, 1.807) is 6.08 Å². The molecule has 0 saturated heterocycles. The molecule has 0 aromatic rings. The van der Waals surface area contributed by atoms with E-state index >= 15 is 0 Å². The molecule has 1 atom stereocenters. The Morgan fingerprint density at radius 1 is 1.31 bits per heavy atom. The molecule has 2 aliphatic heterocycles. The van der Waals surface area contributed by atoms with Gasteiger partial charge in [-0.15, -0.1) is 0 Å². The van der Waals surface area contributed by atoms with Crippen molar-refractivity contribution in [3.05, 3.63) is 47.6 Å². The fourth-order valence-corrected chi connectivity index (χ4v) is 2.13. The molecule has 16 heavy (non-hydrogen) atoms. The maximum atomic E-state index is 11.3. The van der Waals surface area contributed by atoms with E-state index in [0.717, 1.165) is 11.1 Å². The van der Waals surface area contributed by atoms with Crippen LogP contribution in [0.1, 0.15) is 0 Å². The van der Waals surface area contributed by atoms with Crippen molar-refractivity contribution in [2.75, 3.05) is 13.2 Å². The molecule has 0 fully saturated rings. The Bertz CT molecular complexity index is 455. The third kappa shape index (κ3) is 1.27. The van der Waals surface area contributed by atoms with Crippen LogP contribution >= 0.6 is 0 Å². The van der Waals surface area contributed by atoms with E-state index in [-0.39, 0.29) is 5.91 Å². The van der Waals surface area contributed by atoms with E-state index in [1.165, 1.54) is 0 Å². The zero-order chi connectivity index (χ0) is 11.0. The van der Waals surface area contributed by atoms with Gasteiger partial charge in [0.15, 0.2) is 5.60 Å². The van der Waals surface area contributed by atoms with Crippen LogP contribution in [0, 0.1) is 0 Å². The van der Waals surface area contributed by atoms with Gasteiger partial charge in [0, 0.05) is 6.08 Å². The summed E-state index contributed by atoms with van der Waals surface area (Å²) in [5.74, 6) is -0.0941. The molecule has 0 bridgehead atoms. The Labute approximate surface area is 92.8 Å². The van der Waals surface area contributed by atoms with Crippen molar-refractivity contribution in [2.45, 2.75) is 5.60 Å². The maximum Gasteiger partial charge on any atom is 0.244 e. The molecule has 2 heterocycles. The number of amides is 1. The molecule has 0 aromatic heterocycles. The molecule has 1 aliphatic carbocycles. The van der Waals surface area contributed by atoms with Crippen molar-refractivity contribution in [2.24, 2.45) is 0 Å². The molecular formula is C12H11NO3. The topological polar surface area (TPSA) is 47.6 Å². The zero-order valence-electron chi connectivity index (χ0n) is 8.60. The summed E-state index contributed by atoms with van der Waals surface area (Å²) in [6, 6.07) is 0. The van der Waals surface area contributed by atoms with Gasteiger partial charge in [0.05, 0.1) is 6.54 Å². The van der Waals surface area contributed by atoms with Crippen molar-refractivity contribution in [3.63, 3.8) is 0 Å². The van der Waals surface area contributed by atoms with E-state index in [4.69, 9.17) is 9.78 Å². The zero-order valence-corrected chi connectivity index (χ0v) is 8.60. The van der Waals surface area contributed by atoms with Crippen LogP contribution in [0.25, 0.3) is 0 Å². The van der Waals surface area contributed by atoms with E-state index < -0.39 is 5.60 Å². The summed E-state index contributed by atoms with van der Waals surface area (Å²) in [5, 5.41) is 2.77. The van der Waals surface area contributed by atoms with Crippen LogP contribution in [0.4, 0.5) is 0 Å². The summed E-state index contributed by atoms with van der Waals surface area (Å²) in [5.41, 5.74) is 1.16. The first-order chi connectivity index (χ1) is 7.81. The first kappa shape index (κ1) is 9.57. The second kappa shape index (κ2) is 3.43. The Morgan fingerprint density at radius 3 is 3.19 bits per heavy atom. The first-order valence-electron chi connectivity index (χ1n) is 5.17. The fourth-order valence-electron chi connectivity index (χ4n) is 2.13. The number of nitrogens with one attached hydrogen (secondary N) is 1. The lowest BCUT2D eigenvalue weighted by molar-refractivity contribution is -0.330. The van der Waals surface area contributed by atoms with E-state index in [0.29, 0.717) is 13.2 Å². The van der Waals surface area contributed by atoms with Gasteiger partial charge in [-0.1, -0.05) is 30.4 Å². The van der Waals surface area contributed by atoms with Gasteiger partial charge in [0.2, 0.25) is 5.91 Å². The van der Waals surface area contributed by atoms with Gasteiger partial charge in [-0.2, -0.15) is 0 Å². The summed E-state index contributed by atoms with van der Waals surface area (Å²) in [7, 11) is 0. The third-order valence-corrected chi connectivity index (χ3v) is 2.95. The first-order valence-corrected chi connectivity index (χ1v) is 5.17. The van der Waals surface area contributed by atoms with E-state index in [9.17, 15) is 4.79 Å². The van der Waals surface area contributed by atoms with Crippen molar-refractivity contribution in [1.82, 2.24) is 5.32 Å². The van der Waals surface area contributed by atoms with E-state index in [1.807, 2.05) is 30.4 Å². The molecule has 1 unspecified atom stereocenters. The molecular weight excluding hydrogens is 206 g/mol. The average molecular weight is 217 g/mol. The second-order valence-corrected chi connectivity index (χ2v) is 3.90. The molecule has 0 radical (unpaired) electrons. The predicted octanol–water partition coefficient (Wildman–Crippen LogP) is 0.796. The summed E-state index contributed by atoms with van der Waals surface area (Å²) in [6.45, 7) is 0.818. The summed E-state index contributed by atoms with van der Waals surface area (Å²) >= 11 is 0. The molecule has 82 valence electrons. The number of carbonyl (C=O) groups excluding carboxylic acids is 1. The molecule has 0 saturated carbocycles. The number of hydrogen-bond donors (Lipinski definition) is 1. The van der Waals surface area contributed by atoms with Crippen LogP contribution in [0.5, 0.6) is 0 Å². The number of hydrogen-bond acceptors (Lipinski definition) is 3. The van der Waals surface area contributed by atoms with Gasteiger partial charge >= 0.3 is 0 Å². The minimum Gasteiger partial charge on any atom is -0.349 e. The van der Waals surface area contributed by atoms with Crippen molar-refractivity contribution >= 4 is 5.91 Å². The SMILES string of the molecule is O=C1C=C2C=CC=C3C=CCOOC32CN1. The van der Waals surface area contributed by atoms with Crippen molar-refractivity contribution in [3.8, 4) is 0 Å². The largest absolute Gasteiger partial charge is 0.349 e. The maximum absolute atomic E-state index is 11.3. The number of carbonyl (C=O) groups is 1. The van der Waals surface area contributed by atoms with Crippen LogP contribution < -0.4 is 5.32 Å². The van der Waals surface area contributed by atoms with Crippen LogP contribution in [0.2, 0.25) is 0 Å². The summed E-state index contributed by atoms with van der Waals surface area (Å²) < 4.78 is 0. The Balaban J connectivity index is 2.13. The highest BCUT2D eigenvalue weighted by Crippen LogP contribution is 2.37. The highest BCUT2D eigenvalue weighted by atomic mass is 17.2. The molecule has 4 heteroatoms. The quantitative estimate of drug-likeness (QED) is 0.610. The molecule has 4 nitrogen and oxygen atoms in total. The molecule has 3 rings (SSSR count). The molecule has 1 N–H and O–H groups in total. The monoisotopic (exact) mass is 217 g/mol. The van der Waals surface area contributed by atoms with Gasteiger partial charge in [0.25, 0.3) is 0 Å². The second-order valence-electron chi connectivity index (χ2n) is 3.90. The van der Waals surface area contributed by atoms with Crippen LogP contribution in [0.15, 0.2) is 47.6 Å². The lowest BCUT2D eigenvalue weighted by Crippen LogP contribution is -2.51. The van der Waals surface area contributed by atoms with E-state index in [2.05, 4.69) is 5.32 Å². The number of rotatable bonds is 0. The highest BCUT2D eigenvalue weighted by molar-refractivity contribution is 5.91. The minimum atomic E-state index is -0.671. The van der Waals surface area contributed by atoms with Gasteiger partial charge in [0.1, 0.15) is 6.61 Å². The summed E-state index contributed by atoms with van der Waals surface area (Å²) in [6.07, 6.45) is 11.2. The lowest BCUT2D eigenvalue weighted by Gasteiger charge is -2.37. The van der Waals surface area contributed by atoms with Crippen molar-refractivity contribution in [1.29, 1.82) is 0 Å². The summed E-state index contributed by atoms with van der Waals surface area (Å²) in [4.78, 5) is 21.9. The fraction of sp³-hybridized carbons (Fsp3) is 0.250. The Kier molecular flexibility index (Phi) is 2.05. The van der Waals surface area contributed by atoms with Gasteiger partial charge in [-0.3, -0.25) is 4.79 Å². The molecule has 1 spiro atoms. The molecule has 3 aliphatic rings. The van der Waals surface area contributed by atoms with Gasteiger partial charge < -0.3 is 5.32 Å². The standard InChI is InChI=1S/C12H11NO3/c14-11-7-10-4-1-3-9-5-2-6-15-16-12(9,10)8-13-11/h1-5,7H,6,8H2,(H,13,14). The van der Waals surface area contributed by atoms with Crippen LogP contribution in [-0.2, 0) is 14.6 Å². The third-order valence-electron chi connectivity index (χ3n) is 2.95. The smallest absolute Gasteiger partial charge is 0.244 e. The normalized spacial score (nSPS) is 31.9. The van der Waals surface area contributed by atoms with Crippen LogP contribution in [-0.4, -0.2) is 24.7 Å². The Hall–Kier alpha value is -1.65. The predicted molar refractivity (Wildman–Crippen MR) is 57.2 cm³/mol. The molecule has 1 amide bonds. The van der Waals surface area contributed by atoms with Gasteiger partial charge in [-0.25, -0.2) is 9.78 Å². The highest BCUT2D eigenvalue weighted by Gasteiger charge is 2.43. The van der Waals surface area contributed by atoms with Crippen LogP contribution in [0.3, 0.4) is 0 Å². The average Bonchev–Trinajstić information content (AvgIpc) is 2.50. The molecule has 0 aromatic carbocycles.